The molecule has 2 aromatic heterocycles. The summed E-state index contributed by atoms with van der Waals surface area (Å²) in [5.41, 5.74) is 6.57. The number of ether oxygens (including phenoxy) is 2. The molecule has 0 saturated heterocycles. The standard InChI is InChI=1S/C30H30ClF3N6O5/c1-16-11-12-40(39-16)23-14-19(31)9-10-20(23)25(30(32,33)34)44-24-15-21(36-27(35)38-24)18-7-5-17(6-8-18)13-22(26(41)42)37-28(43)45-29(2,3)4/h5-12,14-15,22,25H,13H2,1-4H3,(H,37,43)(H,41,42)(H2,35,36,38)/t22-,25-/m1/s1. The zero-order valence-corrected chi connectivity index (χ0v) is 25.3. The molecule has 0 unspecified atom stereocenters. The predicted octanol–water partition coefficient (Wildman–Crippen LogP) is 6.08. The molecule has 4 aromatic rings. The van der Waals surface area contributed by atoms with Crippen LogP contribution < -0.4 is 15.8 Å². The lowest BCUT2D eigenvalue weighted by molar-refractivity contribution is -0.198. The first-order valence-corrected chi connectivity index (χ1v) is 13.9. The number of aryl methyl sites for hydroxylation is 1. The Bertz CT molecular complexity index is 1690. The molecule has 0 spiro atoms. The largest absolute Gasteiger partial charge is 0.480 e. The second-order valence-corrected chi connectivity index (χ2v) is 11.5. The molecule has 1 amide bonds. The molecule has 238 valence electrons. The van der Waals surface area contributed by atoms with Gasteiger partial charge in [0.15, 0.2) is 0 Å². The zero-order valence-electron chi connectivity index (χ0n) is 24.6. The van der Waals surface area contributed by atoms with E-state index < -0.39 is 41.9 Å². The minimum atomic E-state index is -4.87. The first-order valence-electron chi connectivity index (χ1n) is 13.5. The number of carbonyl (C=O) groups excluding carboxylic acids is 1. The average Bonchev–Trinajstić information content (AvgIpc) is 3.36. The Balaban J connectivity index is 1.59. The molecule has 0 aliphatic carbocycles. The number of halogens is 4. The number of carboxylic acids is 1. The number of nitrogens with zero attached hydrogens (tertiary/aromatic N) is 4. The molecule has 4 N–H and O–H groups in total. The van der Waals surface area contributed by atoms with Crippen molar-refractivity contribution in [2.24, 2.45) is 0 Å². The minimum Gasteiger partial charge on any atom is -0.480 e. The Morgan fingerprint density at radius 3 is 2.33 bits per heavy atom. The fourth-order valence-corrected chi connectivity index (χ4v) is 4.43. The summed E-state index contributed by atoms with van der Waals surface area (Å²) in [6.07, 6.45) is -6.78. The van der Waals surface area contributed by atoms with Crippen LogP contribution in [-0.2, 0) is 16.0 Å². The van der Waals surface area contributed by atoms with Gasteiger partial charge >= 0.3 is 18.2 Å². The maximum Gasteiger partial charge on any atom is 0.429 e. The molecule has 2 aromatic carbocycles. The molecule has 11 nitrogen and oxygen atoms in total. The first kappa shape index (κ1) is 33.1. The lowest BCUT2D eigenvalue weighted by Crippen LogP contribution is -2.44. The molecule has 45 heavy (non-hydrogen) atoms. The molecular formula is C30H30ClF3N6O5. The molecule has 2 heterocycles. The van der Waals surface area contributed by atoms with Gasteiger partial charge in [0.2, 0.25) is 17.9 Å². The molecule has 0 radical (unpaired) electrons. The summed E-state index contributed by atoms with van der Waals surface area (Å²) in [4.78, 5) is 31.8. The highest BCUT2D eigenvalue weighted by atomic mass is 35.5. The number of hydrogen-bond acceptors (Lipinski definition) is 8. The number of nitrogens with one attached hydrogen (secondary N) is 1. The Morgan fingerprint density at radius 2 is 1.76 bits per heavy atom. The van der Waals surface area contributed by atoms with Gasteiger partial charge in [0.25, 0.3) is 0 Å². The van der Waals surface area contributed by atoms with E-state index in [0.717, 1.165) is 0 Å². The molecule has 0 fully saturated rings. The maximum atomic E-state index is 14.4. The number of benzene rings is 2. The van der Waals surface area contributed by atoms with Gasteiger partial charge in [-0.3, -0.25) is 0 Å². The van der Waals surface area contributed by atoms with Crippen LogP contribution in [0.25, 0.3) is 16.9 Å². The van der Waals surface area contributed by atoms with Crippen molar-refractivity contribution in [2.75, 3.05) is 5.73 Å². The van der Waals surface area contributed by atoms with Crippen molar-refractivity contribution in [3.05, 3.63) is 82.6 Å². The van der Waals surface area contributed by atoms with Crippen molar-refractivity contribution in [1.82, 2.24) is 25.1 Å². The van der Waals surface area contributed by atoms with Crippen molar-refractivity contribution in [2.45, 2.75) is 58.0 Å². The summed E-state index contributed by atoms with van der Waals surface area (Å²) in [5.74, 6) is -2.03. The summed E-state index contributed by atoms with van der Waals surface area (Å²) >= 11 is 6.11. The van der Waals surface area contributed by atoms with Crippen molar-refractivity contribution in [3.63, 3.8) is 0 Å². The van der Waals surface area contributed by atoms with Crippen LogP contribution in [0.2, 0.25) is 5.02 Å². The normalized spacial score (nSPS) is 13.2. The van der Waals surface area contributed by atoms with E-state index in [1.165, 1.54) is 35.1 Å². The maximum absolute atomic E-state index is 14.4. The fourth-order valence-electron chi connectivity index (χ4n) is 4.26. The number of carboxylic acid groups (broad SMARTS) is 1. The van der Waals surface area contributed by atoms with E-state index in [0.29, 0.717) is 16.8 Å². The van der Waals surface area contributed by atoms with Crippen molar-refractivity contribution in [3.8, 4) is 22.8 Å². The van der Waals surface area contributed by atoms with Crippen LogP contribution in [0.4, 0.5) is 23.9 Å². The van der Waals surface area contributed by atoms with Gasteiger partial charge in [0.05, 0.1) is 17.1 Å². The van der Waals surface area contributed by atoms with E-state index in [2.05, 4.69) is 20.4 Å². The molecule has 0 aliphatic heterocycles. The Morgan fingerprint density at radius 1 is 1.07 bits per heavy atom. The van der Waals surface area contributed by atoms with Crippen LogP contribution in [0.3, 0.4) is 0 Å². The van der Waals surface area contributed by atoms with Crippen molar-refractivity contribution < 1.29 is 37.3 Å². The van der Waals surface area contributed by atoms with Crippen LogP contribution in [0.15, 0.2) is 60.8 Å². The van der Waals surface area contributed by atoms with Crippen LogP contribution in [0.1, 0.15) is 43.7 Å². The average molecular weight is 647 g/mol. The third-order valence-electron chi connectivity index (χ3n) is 6.18. The van der Waals surface area contributed by atoms with Crippen LogP contribution in [0, 0.1) is 6.92 Å². The van der Waals surface area contributed by atoms with Crippen LogP contribution in [-0.4, -0.2) is 54.7 Å². The van der Waals surface area contributed by atoms with Crippen molar-refractivity contribution in [1.29, 1.82) is 0 Å². The smallest absolute Gasteiger partial charge is 0.429 e. The van der Waals surface area contributed by atoms with E-state index >= 15 is 0 Å². The Hall–Kier alpha value is -4.85. The summed E-state index contributed by atoms with van der Waals surface area (Å²) in [7, 11) is 0. The topological polar surface area (TPSA) is 154 Å². The SMILES string of the molecule is Cc1ccn(-c2cc(Cl)ccc2[C@@H](Oc2cc(-c3ccc(C[C@@H](NC(=O)OC(C)(C)C)C(=O)O)cc3)nc(N)n2)C(F)(F)F)n1. The highest BCUT2D eigenvalue weighted by Gasteiger charge is 2.45. The lowest BCUT2D eigenvalue weighted by atomic mass is 10.0. The molecule has 0 aliphatic rings. The lowest BCUT2D eigenvalue weighted by Gasteiger charge is -2.24. The Labute approximate surface area is 261 Å². The number of hydrogen-bond donors (Lipinski definition) is 3. The monoisotopic (exact) mass is 646 g/mol. The number of nitrogens with two attached hydrogens (primary N) is 1. The highest BCUT2D eigenvalue weighted by Crippen LogP contribution is 2.40. The fraction of sp³-hybridized carbons (Fsp3) is 0.300. The predicted molar refractivity (Wildman–Crippen MR) is 159 cm³/mol. The number of anilines is 1. The molecule has 15 heteroatoms. The van der Waals surface area contributed by atoms with Gasteiger partial charge in [-0.25, -0.2) is 19.3 Å². The van der Waals surface area contributed by atoms with Gasteiger partial charge in [-0.05, 0) is 51.5 Å². The number of aliphatic carboxylic acids is 1. The third kappa shape index (κ3) is 8.85. The molecular weight excluding hydrogens is 617 g/mol. The number of rotatable bonds is 9. The zero-order chi connectivity index (χ0) is 33.1. The summed E-state index contributed by atoms with van der Waals surface area (Å²) in [6.45, 7) is 6.65. The third-order valence-corrected chi connectivity index (χ3v) is 6.41. The molecule has 0 bridgehead atoms. The highest BCUT2D eigenvalue weighted by molar-refractivity contribution is 6.30. The number of aromatic nitrogens is 4. The molecule has 0 saturated carbocycles. The number of carbonyl (C=O) groups is 2. The summed E-state index contributed by atoms with van der Waals surface area (Å²) < 4.78 is 55.2. The van der Waals surface area contributed by atoms with Crippen molar-refractivity contribution >= 4 is 29.6 Å². The van der Waals surface area contributed by atoms with E-state index in [-0.39, 0.29) is 34.3 Å². The van der Waals surface area contributed by atoms with Crippen LogP contribution in [0.5, 0.6) is 5.88 Å². The number of alkyl halides is 3. The second kappa shape index (κ2) is 13.0. The minimum absolute atomic E-state index is 0.0663. The number of alkyl carbamates (subject to hydrolysis) is 1. The molecule has 2 atom stereocenters. The van der Waals surface area contributed by atoms with Gasteiger partial charge in [0.1, 0.15) is 11.6 Å². The van der Waals surface area contributed by atoms with E-state index in [1.54, 1.807) is 58.0 Å². The van der Waals surface area contributed by atoms with E-state index in [4.69, 9.17) is 26.8 Å². The Kier molecular flexibility index (Phi) is 9.56. The summed E-state index contributed by atoms with van der Waals surface area (Å²) in [6, 6.07) is 11.8. The second-order valence-electron chi connectivity index (χ2n) is 11.0. The molecule has 4 rings (SSSR count). The van der Waals surface area contributed by atoms with Gasteiger partial charge in [-0.2, -0.15) is 23.3 Å². The van der Waals surface area contributed by atoms with Crippen LogP contribution >= 0.6 is 11.6 Å². The number of nitrogen functional groups attached to an aromatic ring is 1. The van der Waals surface area contributed by atoms with E-state index in [9.17, 15) is 27.9 Å². The van der Waals surface area contributed by atoms with Gasteiger partial charge < -0.3 is 25.6 Å². The van der Waals surface area contributed by atoms with Gasteiger partial charge in [0, 0.05) is 34.8 Å². The quantitative estimate of drug-likeness (QED) is 0.196. The van der Waals surface area contributed by atoms with Gasteiger partial charge in [-0.15, -0.1) is 0 Å². The first-order chi connectivity index (χ1) is 21.0. The van der Waals surface area contributed by atoms with E-state index in [1.807, 2.05) is 0 Å². The summed E-state index contributed by atoms with van der Waals surface area (Å²) in [5, 5.41) is 16.3. The van der Waals surface area contributed by atoms with Gasteiger partial charge in [-0.1, -0.05) is 41.9 Å². The number of amides is 1.